The maximum absolute atomic E-state index is 4.48. The zero-order valence-corrected chi connectivity index (χ0v) is 12.1. The molecular formula is C16H23N3. The van der Waals surface area contributed by atoms with E-state index in [4.69, 9.17) is 0 Å². The van der Waals surface area contributed by atoms with Crippen molar-refractivity contribution in [3.8, 4) is 0 Å². The summed E-state index contributed by atoms with van der Waals surface area (Å²) in [4.78, 5) is 0. The molecule has 0 amide bonds. The second-order valence-electron chi connectivity index (χ2n) is 5.10. The molecule has 0 saturated carbocycles. The van der Waals surface area contributed by atoms with Crippen LogP contribution in [0, 0.1) is 6.92 Å². The number of hydrogen-bond donors (Lipinski definition) is 1. The van der Waals surface area contributed by atoms with Crippen LogP contribution in [0.4, 0.5) is 0 Å². The summed E-state index contributed by atoms with van der Waals surface area (Å²) < 4.78 is 1.86. The van der Waals surface area contributed by atoms with E-state index in [0.717, 1.165) is 25.1 Å². The van der Waals surface area contributed by atoms with Gasteiger partial charge < -0.3 is 5.32 Å². The zero-order chi connectivity index (χ0) is 13.7. The van der Waals surface area contributed by atoms with Gasteiger partial charge in [-0.3, -0.25) is 4.68 Å². The molecule has 1 aromatic heterocycles. The van der Waals surface area contributed by atoms with Crippen LogP contribution in [0.25, 0.3) is 0 Å². The molecule has 0 fully saturated rings. The van der Waals surface area contributed by atoms with Crippen molar-refractivity contribution in [2.75, 3.05) is 6.54 Å². The number of rotatable bonds is 6. The molecule has 1 N–H and O–H groups in total. The SMILES string of the molecule is CCCNC(Cc1ccn(C)n1)c1ccc(C)cc1. The Morgan fingerprint density at radius 1 is 1.21 bits per heavy atom. The van der Waals surface area contributed by atoms with Crippen LogP contribution >= 0.6 is 0 Å². The second kappa shape index (κ2) is 6.53. The number of aryl methyl sites for hydroxylation is 2. The number of aromatic nitrogens is 2. The highest BCUT2D eigenvalue weighted by molar-refractivity contribution is 5.25. The summed E-state index contributed by atoms with van der Waals surface area (Å²) in [6.45, 7) is 5.35. The van der Waals surface area contributed by atoms with Crippen molar-refractivity contribution in [2.45, 2.75) is 32.7 Å². The monoisotopic (exact) mass is 257 g/mol. The van der Waals surface area contributed by atoms with Gasteiger partial charge in [0.1, 0.15) is 0 Å². The van der Waals surface area contributed by atoms with E-state index in [2.05, 4.69) is 54.6 Å². The zero-order valence-electron chi connectivity index (χ0n) is 12.1. The van der Waals surface area contributed by atoms with E-state index in [9.17, 15) is 0 Å². The van der Waals surface area contributed by atoms with Gasteiger partial charge in [-0.05, 0) is 31.5 Å². The summed E-state index contributed by atoms with van der Waals surface area (Å²) in [6, 6.07) is 11.2. The van der Waals surface area contributed by atoms with Crippen LogP contribution in [0.3, 0.4) is 0 Å². The lowest BCUT2D eigenvalue weighted by molar-refractivity contribution is 0.521. The summed E-state index contributed by atoms with van der Waals surface area (Å²) in [7, 11) is 1.96. The van der Waals surface area contributed by atoms with Crippen molar-refractivity contribution in [3.63, 3.8) is 0 Å². The molecule has 3 nitrogen and oxygen atoms in total. The topological polar surface area (TPSA) is 29.9 Å². The fraction of sp³-hybridized carbons (Fsp3) is 0.438. The summed E-state index contributed by atoms with van der Waals surface area (Å²) in [5, 5.41) is 8.09. The van der Waals surface area contributed by atoms with Crippen LogP contribution in [0.5, 0.6) is 0 Å². The molecule has 1 unspecified atom stereocenters. The van der Waals surface area contributed by atoms with Crippen LogP contribution in [-0.4, -0.2) is 16.3 Å². The smallest absolute Gasteiger partial charge is 0.0643 e. The third-order valence-corrected chi connectivity index (χ3v) is 3.30. The molecule has 0 bridgehead atoms. The lowest BCUT2D eigenvalue weighted by Gasteiger charge is -2.18. The molecule has 0 radical (unpaired) electrons. The van der Waals surface area contributed by atoms with Gasteiger partial charge in [0, 0.05) is 25.7 Å². The third kappa shape index (κ3) is 3.93. The van der Waals surface area contributed by atoms with Crippen LogP contribution in [0.1, 0.15) is 36.2 Å². The van der Waals surface area contributed by atoms with Gasteiger partial charge in [0.25, 0.3) is 0 Å². The predicted octanol–water partition coefficient (Wildman–Crippen LogP) is 3.01. The average Bonchev–Trinajstić information content (AvgIpc) is 2.81. The summed E-state index contributed by atoms with van der Waals surface area (Å²) in [5.74, 6) is 0. The lowest BCUT2D eigenvalue weighted by atomic mass is 10.0. The molecule has 2 aromatic rings. The van der Waals surface area contributed by atoms with Crippen molar-refractivity contribution in [2.24, 2.45) is 7.05 Å². The Bertz CT molecular complexity index is 499. The molecular weight excluding hydrogens is 234 g/mol. The van der Waals surface area contributed by atoms with E-state index in [-0.39, 0.29) is 0 Å². The molecule has 1 atom stereocenters. The van der Waals surface area contributed by atoms with Gasteiger partial charge in [0.2, 0.25) is 0 Å². The minimum Gasteiger partial charge on any atom is -0.310 e. The van der Waals surface area contributed by atoms with E-state index < -0.39 is 0 Å². The van der Waals surface area contributed by atoms with Gasteiger partial charge in [-0.25, -0.2) is 0 Å². The first kappa shape index (κ1) is 13.8. The van der Waals surface area contributed by atoms with Gasteiger partial charge in [-0.15, -0.1) is 0 Å². The van der Waals surface area contributed by atoms with Gasteiger partial charge in [-0.1, -0.05) is 36.8 Å². The van der Waals surface area contributed by atoms with Crippen molar-refractivity contribution >= 4 is 0 Å². The normalized spacial score (nSPS) is 12.6. The maximum Gasteiger partial charge on any atom is 0.0643 e. The Morgan fingerprint density at radius 2 is 1.95 bits per heavy atom. The van der Waals surface area contributed by atoms with E-state index in [1.807, 2.05) is 17.9 Å². The van der Waals surface area contributed by atoms with Crippen LogP contribution in [0.15, 0.2) is 36.5 Å². The Labute approximate surface area is 115 Å². The summed E-state index contributed by atoms with van der Waals surface area (Å²) in [6.07, 6.45) is 4.08. The fourth-order valence-electron chi connectivity index (χ4n) is 2.21. The second-order valence-corrected chi connectivity index (χ2v) is 5.10. The molecule has 3 heteroatoms. The fourth-order valence-corrected chi connectivity index (χ4v) is 2.21. The van der Waals surface area contributed by atoms with Crippen molar-refractivity contribution in [3.05, 3.63) is 53.3 Å². The maximum atomic E-state index is 4.48. The highest BCUT2D eigenvalue weighted by Crippen LogP contribution is 2.18. The molecule has 0 aliphatic carbocycles. The van der Waals surface area contributed by atoms with E-state index in [1.54, 1.807) is 0 Å². The quantitative estimate of drug-likeness (QED) is 0.862. The van der Waals surface area contributed by atoms with E-state index >= 15 is 0 Å². The molecule has 1 heterocycles. The molecule has 19 heavy (non-hydrogen) atoms. The number of hydrogen-bond acceptors (Lipinski definition) is 2. The molecule has 0 aliphatic rings. The minimum atomic E-state index is 0.343. The Morgan fingerprint density at radius 3 is 2.53 bits per heavy atom. The Balaban J connectivity index is 2.13. The van der Waals surface area contributed by atoms with Crippen molar-refractivity contribution in [1.82, 2.24) is 15.1 Å². The minimum absolute atomic E-state index is 0.343. The van der Waals surface area contributed by atoms with Gasteiger partial charge in [0.15, 0.2) is 0 Å². The number of benzene rings is 1. The molecule has 2 rings (SSSR count). The average molecular weight is 257 g/mol. The molecule has 0 saturated heterocycles. The van der Waals surface area contributed by atoms with Crippen molar-refractivity contribution in [1.29, 1.82) is 0 Å². The largest absolute Gasteiger partial charge is 0.310 e. The first-order valence-corrected chi connectivity index (χ1v) is 6.97. The van der Waals surface area contributed by atoms with E-state index in [1.165, 1.54) is 11.1 Å². The lowest BCUT2D eigenvalue weighted by Crippen LogP contribution is -2.24. The highest BCUT2D eigenvalue weighted by Gasteiger charge is 2.12. The van der Waals surface area contributed by atoms with Crippen LogP contribution in [0.2, 0.25) is 0 Å². The number of nitrogens with zero attached hydrogens (tertiary/aromatic N) is 2. The predicted molar refractivity (Wildman–Crippen MR) is 79.1 cm³/mol. The first-order valence-electron chi connectivity index (χ1n) is 6.97. The van der Waals surface area contributed by atoms with Crippen LogP contribution < -0.4 is 5.32 Å². The molecule has 0 aliphatic heterocycles. The van der Waals surface area contributed by atoms with Crippen LogP contribution in [-0.2, 0) is 13.5 Å². The molecule has 1 aromatic carbocycles. The molecule has 0 spiro atoms. The Hall–Kier alpha value is -1.61. The van der Waals surface area contributed by atoms with E-state index in [0.29, 0.717) is 6.04 Å². The molecule has 102 valence electrons. The first-order chi connectivity index (χ1) is 9.19. The summed E-state index contributed by atoms with van der Waals surface area (Å²) in [5.41, 5.74) is 3.78. The highest BCUT2D eigenvalue weighted by atomic mass is 15.2. The third-order valence-electron chi connectivity index (χ3n) is 3.30. The standard InChI is InChI=1S/C16H23N3/c1-4-10-17-16(12-15-9-11-19(3)18-15)14-7-5-13(2)6-8-14/h5-9,11,16-17H,4,10,12H2,1-3H3. The van der Waals surface area contributed by atoms with Gasteiger partial charge in [-0.2, -0.15) is 5.10 Å². The Kier molecular flexibility index (Phi) is 4.74. The van der Waals surface area contributed by atoms with Gasteiger partial charge in [0.05, 0.1) is 5.69 Å². The summed E-state index contributed by atoms with van der Waals surface area (Å²) >= 11 is 0. The van der Waals surface area contributed by atoms with Gasteiger partial charge >= 0.3 is 0 Å². The van der Waals surface area contributed by atoms with Crippen molar-refractivity contribution < 1.29 is 0 Å². The number of nitrogens with one attached hydrogen (secondary N) is 1.